The minimum Gasteiger partial charge on any atom is -0.494 e. The van der Waals surface area contributed by atoms with E-state index in [4.69, 9.17) is 16.3 Å². The first kappa shape index (κ1) is 17.5. The van der Waals surface area contributed by atoms with Crippen molar-refractivity contribution in [2.75, 3.05) is 11.5 Å². The average Bonchev–Trinajstić information content (AvgIpc) is 2.89. The van der Waals surface area contributed by atoms with Gasteiger partial charge in [0.2, 0.25) is 5.91 Å². The lowest BCUT2D eigenvalue weighted by atomic mass is 10.2. The molecule has 1 saturated heterocycles. The van der Waals surface area contributed by atoms with Crippen LogP contribution in [0.1, 0.15) is 18.9 Å². The molecular weight excluding hydrogens is 340 g/mol. The van der Waals surface area contributed by atoms with Gasteiger partial charge in [-0.25, -0.2) is 4.90 Å². The van der Waals surface area contributed by atoms with E-state index in [9.17, 15) is 9.59 Å². The maximum absolute atomic E-state index is 12.6. The van der Waals surface area contributed by atoms with Crippen LogP contribution in [-0.4, -0.2) is 24.5 Å². The first-order valence-corrected chi connectivity index (χ1v) is 8.54. The lowest BCUT2D eigenvalue weighted by Crippen LogP contribution is -2.38. The van der Waals surface area contributed by atoms with E-state index in [0.717, 1.165) is 5.56 Å². The second-order valence-corrected chi connectivity index (χ2v) is 6.13. The topological polar surface area (TPSA) is 58.6 Å². The molecule has 1 aliphatic heterocycles. The summed E-state index contributed by atoms with van der Waals surface area (Å²) in [5, 5.41) is 3.76. The molecule has 25 heavy (non-hydrogen) atoms. The van der Waals surface area contributed by atoms with Gasteiger partial charge in [-0.15, -0.1) is 0 Å². The van der Waals surface area contributed by atoms with Crippen LogP contribution in [0.2, 0.25) is 5.02 Å². The van der Waals surface area contributed by atoms with E-state index in [1.807, 2.05) is 25.1 Å². The Morgan fingerprint density at radius 2 is 1.88 bits per heavy atom. The first-order chi connectivity index (χ1) is 12.1. The molecule has 2 aromatic carbocycles. The van der Waals surface area contributed by atoms with Gasteiger partial charge >= 0.3 is 0 Å². The number of nitrogens with zero attached hydrogens (tertiary/aromatic N) is 1. The molecule has 1 fully saturated rings. The van der Waals surface area contributed by atoms with Gasteiger partial charge in [-0.1, -0.05) is 29.8 Å². The number of ether oxygens (including phenoxy) is 1. The third kappa shape index (κ3) is 3.83. The van der Waals surface area contributed by atoms with E-state index in [2.05, 4.69) is 5.32 Å². The summed E-state index contributed by atoms with van der Waals surface area (Å²) >= 11 is 6.13. The number of hydrogen-bond donors (Lipinski definition) is 1. The molecule has 1 aliphatic rings. The summed E-state index contributed by atoms with van der Waals surface area (Å²) in [5.74, 6) is 0.241. The number of carbonyl (C=O) groups is 2. The van der Waals surface area contributed by atoms with Gasteiger partial charge in [-0.3, -0.25) is 9.59 Å². The van der Waals surface area contributed by atoms with Crippen LogP contribution in [0.15, 0.2) is 48.5 Å². The number of anilines is 1. The van der Waals surface area contributed by atoms with Crippen molar-refractivity contribution in [3.05, 3.63) is 59.1 Å². The number of benzene rings is 2. The van der Waals surface area contributed by atoms with Crippen molar-refractivity contribution in [2.24, 2.45) is 0 Å². The molecule has 2 aromatic rings. The van der Waals surface area contributed by atoms with Crippen molar-refractivity contribution in [3.63, 3.8) is 0 Å². The van der Waals surface area contributed by atoms with E-state index in [0.29, 0.717) is 29.6 Å². The molecule has 5 nitrogen and oxygen atoms in total. The fourth-order valence-electron chi connectivity index (χ4n) is 2.80. The molecule has 6 heteroatoms. The van der Waals surface area contributed by atoms with Gasteiger partial charge < -0.3 is 10.1 Å². The van der Waals surface area contributed by atoms with Crippen LogP contribution in [0.3, 0.4) is 0 Å². The van der Waals surface area contributed by atoms with Gasteiger partial charge in [-0.05, 0) is 42.8 Å². The van der Waals surface area contributed by atoms with Gasteiger partial charge in [-0.2, -0.15) is 0 Å². The van der Waals surface area contributed by atoms with Crippen molar-refractivity contribution in [1.82, 2.24) is 5.32 Å². The zero-order chi connectivity index (χ0) is 17.8. The zero-order valence-electron chi connectivity index (χ0n) is 13.9. The van der Waals surface area contributed by atoms with E-state index in [1.54, 1.807) is 30.3 Å². The Morgan fingerprint density at radius 3 is 2.56 bits per heavy atom. The molecule has 130 valence electrons. The second kappa shape index (κ2) is 7.68. The molecule has 1 atom stereocenters. The highest BCUT2D eigenvalue weighted by molar-refractivity contribution is 6.31. The lowest BCUT2D eigenvalue weighted by molar-refractivity contribution is -0.121. The second-order valence-electron chi connectivity index (χ2n) is 5.72. The number of halogens is 1. The van der Waals surface area contributed by atoms with E-state index in [1.165, 1.54) is 4.90 Å². The SMILES string of the molecule is CCOc1ccc(N2C(=O)C[C@@H](NCc3ccccc3Cl)C2=O)cc1. The Balaban J connectivity index is 1.68. The molecule has 0 radical (unpaired) electrons. The Bertz CT molecular complexity index is 776. The maximum atomic E-state index is 12.6. The first-order valence-electron chi connectivity index (χ1n) is 8.16. The Kier molecular flexibility index (Phi) is 5.36. The van der Waals surface area contributed by atoms with Crippen molar-refractivity contribution in [2.45, 2.75) is 25.9 Å². The molecule has 0 bridgehead atoms. The van der Waals surface area contributed by atoms with Gasteiger partial charge in [0.25, 0.3) is 5.91 Å². The van der Waals surface area contributed by atoms with Crippen LogP contribution in [0, 0.1) is 0 Å². The van der Waals surface area contributed by atoms with E-state index in [-0.39, 0.29) is 18.2 Å². The van der Waals surface area contributed by atoms with Crippen molar-refractivity contribution >= 4 is 29.1 Å². The molecule has 0 unspecified atom stereocenters. The summed E-state index contributed by atoms with van der Waals surface area (Å²) in [6.45, 7) is 2.89. The average molecular weight is 359 g/mol. The zero-order valence-corrected chi connectivity index (χ0v) is 14.6. The van der Waals surface area contributed by atoms with Crippen molar-refractivity contribution in [1.29, 1.82) is 0 Å². The Morgan fingerprint density at radius 1 is 1.16 bits per heavy atom. The van der Waals surface area contributed by atoms with Crippen LogP contribution < -0.4 is 15.0 Å². The Labute approximate surface area is 151 Å². The normalized spacial score (nSPS) is 17.2. The summed E-state index contributed by atoms with van der Waals surface area (Å²) in [7, 11) is 0. The fourth-order valence-corrected chi connectivity index (χ4v) is 3.00. The minimum absolute atomic E-state index is 0.135. The monoisotopic (exact) mass is 358 g/mol. The van der Waals surface area contributed by atoms with Crippen molar-refractivity contribution < 1.29 is 14.3 Å². The van der Waals surface area contributed by atoms with Crippen LogP contribution >= 0.6 is 11.6 Å². The van der Waals surface area contributed by atoms with Crippen LogP contribution in [-0.2, 0) is 16.1 Å². The highest BCUT2D eigenvalue weighted by Gasteiger charge is 2.39. The molecule has 3 rings (SSSR count). The quantitative estimate of drug-likeness (QED) is 0.806. The summed E-state index contributed by atoms with van der Waals surface area (Å²) < 4.78 is 5.38. The third-order valence-electron chi connectivity index (χ3n) is 4.05. The molecule has 0 spiro atoms. The van der Waals surface area contributed by atoms with Gasteiger partial charge in [0.05, 0.1) is 24.8 Å². The van der Waals surface area contributed by atoms with Gasteiger partial charge in [0, 0.05) is 11.6 Å². The Hall–Kier alpha value is -2.37. The molecule has 0 aliphatic carbocycles. The number of hydrogen-bond acceptors (Lipinski definition) is 4. The van der Waals surface area contributed by atoms with Crippen LogP contribution in [0.4, 0.5) is 5.69 Å². The predicted molar refractivity (Wildman–Crippen MR) is 96.8 cm³/mol. The van der Waals surface area contributed by atoms with E-state index >= 15 is 0 Å². The largest absolute Gasteiger partial charge is 0.494 e. The summed E-state index contributed by atoms with van der Waals surface area (Å²) in [6, 6.07) is 13.8. The highest BCUT2D eigenvalue weighted by Crippen LogP contribution is 2.25. The third-order valence-corrected chi connectivity index (χ3v) is 4.42. The number of nitrogens with one attached hydrogen (secondary N) is 1. The predicted octanol–water partition coefficient (Wildman–Crippen LogP) is 3.16. The van der Waals surface area contributed by atoms with Crippen LogP contribution in [0.5, 0.6) is 5.75 Å². The molecule has 0 aromatic heterocycles. The molecule has 1 heterocycles. The summed E-state index contributed by atoms with van der Waals surface area (Å²) in [5.41, 5.74) is 1.45. The number of imide groups is 1. The number of carbonyl (C=O) groups excluding carboxylic acids is 2. The van der Waals surface area contributed by atoms with Crippen LogP contribution in [0.25, 0.3) is 0 Å². The minimum atomic E-state index is -0.546. The molecule has 1 N–H and O–H groups in total. The van der Waals surface area contributed by atoms with Gasteiger partial charge in [0.1, 0.15) is 5.75 Å². The summed E-state index contributed by atoms with van der Waals surface area (Å²) in [6.07, 6.45) is 0.135. The standard InChI is InChI=1S/C19H19ClN2O3/c1-2-25-15-9-7-14(8-10-15)22-18(23)11-17(19(22)24)21-12-13-5-3-4-6-16(13)20/h3-10,17,21H,2,11-12H2,1H3/t17-/m1/s1. The summed E-state index contributed by atoms with van der Waals surface area (Å²) in [4.78, 5) is 26.1. The molecule has 0 saturated carbocycles. The fraction of sp³-hybridized carbons (Fsp3) is 0.263. The van der Waals surface area contributed by atoms with Crippen molar-refractivity contribution in [3.8, 4) is 5.75 Å². The number of amides is 2. The van der Waals surface area contributed by atoms with Gasteiger partial charge in [0.15, 0.2) is 0 Å². The smallest absolute Gasteiger partial charge is 0.251 e. The number of rotatable bonds is 6. The molecular formula is C19H19ClN2O3. The highest BCUT2D eigenvalue weighted by atomic mass is 35.5. The maximum Gasteiger partial charge on any atom is 0.251 e. The molecule has 2 amide bonds. The van der Waals surface area contributed by atoms with E-state index < -0.39 is 6.04 Å². The lowest BCUT2D eigenvalue weighted by Gasteiger charge is -2.16.